The third-order valence-electron chi connectivity index (χ3n) is 7.26. The fourth-order valence-electron chi connectivity index (χ4n) is 5.05. The number of piperidine rings is 1. The molecule has 0 saturated carbocycles. The van der Waals surface area contributed by atoms with Crippen molar-refractivity contribution in [2.45, 2.75) is 43.7 Å². The number of ether oxygens (including phenoxy) is 1. The maximum atomic E-state index is 13.9. The van der Waals surface area contributed by atoms with Crippen molar-refractivity contribution in [2.24, 2.45) is 0 Å². The molecule has 0 radical (unpaired) electrons. The number of rotatable bonds is 11. The normalized spacial score (nSPS) is 14.2. The SMILES string of the molecule is CCCN(CC(=O)N(Cc1ccc(OC)cc1)C1CCN(C(=O)c2cccc(F)c2)CC1)S(=O)(=O)c1ccccc1. The van der Waals surface area contributed by atoms with Crippen LogP contribution in [0.25, 0.3) is 0 Å². The van der Waals surface area contributed by atoms with E-state index in [1.54, 1.807) is 41.2 Å². The van der Waals surface area contributed by atoms with Crippen molar-refractivity contribution in [1.82, 2.24) is 14.1 Å². The molecule has 2 amide bonds. The van der Waals surface area contributed by atoms with Gasteiger partial charge >= 0.3 is 0 Å². The Kier molecular flexibility index (Phi) is 10.1. The van der Waals surface area contributed by atoms with Gasteiger partial charge in [0.05, 0.1) is 18.6 Å². The Balaban J connectivity index is 1.54. The smallest absolute Gasteiger partial charge is 0.253 e. The first-order chi connectivity index (χ1) is 19.7. The summed E-state index contributed by atoms with van der Waals surface area (Å²) < 4.78 is 47.1. The molecular formula is C31H36FN3O5S. The highest BCUT2D eigenvalue weighted by atomic mass is 32.2. The monoisotopic (exact) mass is 581 g/mol. The fourth-order valence-corrected chi connectivity index (χ4v) is 6.55. The Labute approximate surface area is 241 Å². The van der Waals surface area contributed by atoms with E-state index < -0.39 is 15.8 Å². The highest BCUT2D eigenvalue weighted by Gasteiger charge is 2.33. The first kappa shape index (κ1) is 30.2. The van der Waals surface area contributed by atoms with Gasteiger partial charge in [-0.25, -0.2) is 12.8 Å². The van der Waals surface area contributed by atoms with E-state index in [2.05, 4.69) is 0 Å². The number of sulfonamides is 1. The quantitative estimate of drug-likeness (QED) is 0.331. The van der Waals surface area contributed by atoms with E-state index in [1.165, 1.54) is 34.6 Å². The zero-order valence-electron chi connectivity index (χ0n) is 23.4. The molecule has 1 saturated heterocycles. The predicted octanol–water partition coefficient (Wildman–Crippen LogP) is 4.57. The van der Waals surface area contributed by atoms with Gasteiger partial charge in [-0.05, 0) is 67.3 Å². The molecule has 0 spiro atoms. The number of methoxy groups -OCH3 is 1. The summed E-state index contributed by atoms with van der Waals surface area (Å²) >= 11 is 0. The van der Waals surface area contributed by atoms with E-state index >= 15 is 0 Å². The molecule has 0 aliphatic carbocycles. The fraction of sp³-hybridized carbons (Fsp3) is 0.355. The number of hydrogen-bond donors (Lipinski definition) is 0. The van der Waals surface area contributed by atoms with Gasteiger partial charge in [-0.2, -0.15) is 4.31 Å². The largest absolute Gasteiger partial charge is 0.497 e. The second-order valence-electron chi connectivity index (χ2n) is 10.1. The number of carbonyl (C=O) groups is 2. The number of nitrogens with zero attached hydrogens (tertiary/aromatic N) is 3. The van der Waals surface area contributed by atoms with Crippen molar-refractivity contribution in [3.8, 4) is 5.75 Å². The van der Waals surface area contributed by atoms with Crippen LogP contribution in [0.4, 0.5) is 4.39 Å². The van der Waals surface area contributed by atoms with Crippen LogP contribution in [0.3, 0.4) is 0 Å². The van der Waals surface area contributed by atoms with Crippen LogP contribution in [0.15, 0.2) is 83.8 Å². The number of halogens is 1. The molecule has 0 N–H and O–H groups in total. The van der Waals surface area contributed by atoms with E-state index in [-0.39, 0.29) is 47.9 Å². The van der Waals surface area contributed by atoms with Crippen LogP contribution in [-0.4, -0.2) is 73.7 Å². The average molecular weight is 582 g/mol. The van der Waals surface area contributed by atoms with E-state index in [9.17, 15) is 22.4 Å². The van der Waals surface area contributed by atoms with Gasteiger partial charge in [0, 0.05) is 37.8 Å². The molecule has 1 fully saturated rings. The lowest BCUT2D eigenvalue weighted by atomic mass is 10.0. The molecule has 1 heterocycles. The molecule has 1 aliphatic rings. The van der Waals surface area contributed by atoms with Crippen molar-refractivity contribution < 1.29 is 27.1 Å². The topological polar surface area (TPSA) is 87.2 Å². The third kappa shape index (κ3) is 7.51. The minimum Gasteiger partial charge on any atom is -0.497 e. The van der Waals surface area contributed by atoms with Crippen LogP contribution in [0.2, 0.25) is 0 Å². The standard InChI is InChI=1S/C31H36FN3O5S/c1-3-18-34(41(38,39)29-10-5-4-6-11-29)23-30(36)35(22-24-12-14-28(40-2)15-13-24)27-16-19-33(20-17-27)31(37)25-8-7-9-26(32)21-25/h4-15,21,27H,3,16-20,22-23H2,1-2H3. The number of carbonyl (C=O) groups excluding carboxylic acids is 2. The average Bonchev–Trinajstić information content (AvgIpc) is 3.00. The minimum absolute atomic E-state index is 0.145. The molecule has 0 aromatic heterocycles. The van der Waals surface area contributed by atoms with Crippen molar-refractivity contribution >= 4 is 21.8 Å². The van der Waals surface area contributed by atoms with Gasteiger partial charge in [0.15, 0.2) is 0 Å². The molecule has 0 unspecified atom stereocenters. The summed E-state index contributed by atoms with van der Waals surface area (Å²) in [5, 5.41) is 0. The van der Waals surface area contributed by atoms with Crippen LogP contribution in [-0.2, 0) is 21.4 Å². The van der Waals surface area contributed by atoms with Gasteiger partial charge in [0.25, 0.3) is 5.91 Å². The maximum absolute atomic E-state index is 13.9. The van der Waals surface area contributed by atoms with Gasteiger partial charge in [0.2, 0.25) is 15.9 Å². The number of amides is 2. The van der Waals surface area contributed by atoms with Gasteiger partial charge < -0.3 is 14.5 Å². The second-order valence-corrected chi connectivity index (χ2v) is 12.0. The van der Waals surface area contributed by atoms with E-state index in [1.807, 2.05) is 31.2 Å². The first-order valence-electron chi connectivity index (χ1n) is 13.8. The van der Waals surface area contributed by atoms with Gasteiger partial charge in [0.1, 0.15) is 11.6 Å². The summed E-state index contributed by atoms with van der Waals surface area (Å²) in [5.41, 5.74) is 1.17. The molecule has 3 aromatic carbocycles. The van der Waals surface area contributed by atoms with Crippen LogP contribution in [0.5, 0.6) is 5.75 Å². The maximum Gasteiger partial charge on any atom is 0.253 e. The summed E-state index contributed by atoms with van der Waals surface area (Å²) in [6, 6.07) is 21.0. The number of benzene rings is 3. The van der Waals surface area contributed by atoms with Gasteiger partial charge in [-0.3, -0.25) is 9.59 Å². The van der Waals surface area contributed by atoms with Crippen LogP contribution in [0, 0.1) is 5.82 Å². The van der Waals surface area contributed by atoms with Crippen LogP contribution in [0.1, 0.15) is 42.1 Å². The molecule has 3 aromatic rings. The molecule has 218 valence electrons. The summed E-state index contributed by atoms with van der Waals surface area (Å²) in [4.78, 5) is 30.4. The molecular weight excluding hydrogens is 545 g/mol. The van der Waals surface area contributed by atoms with Crippen molar-refractivity contribution in [1.29, 1.82) is 0 Å². The highest BCUT2D eigenvalue weighted by Crippen LogP contribution is 2.24. The molecule has 0 bridgehead atoms. The minimum atomic E-state index is -3.87. The Morgan fingerprint density at radius 2 is 1.66 bits per heavy atom. The Hall–Kier alpha value is -3.76. The summed E-state index contributed by atoms with van der Waals surface area (Å²) in [6.07, 6.45) is 1.59. The summed E-state index contributed by atoms with van der Waals surface area (Å²) in [6.45, 7) is 2.87. The summed E-state index contributed by atoms with van der Waals surface area (Å²) in [5.74, 6) is -0.328. The molecule has 8 nitrogen and oxygen atoms in total. The van der Waals surface area contributed by atoms with Crippen LogP contribution >= 0.6 is 0 Å². The molecule has 1 aliphatic heterocycles. The predicted molar refractivity (Wildman–Crippen MR) is 154 cm³/mol. The molecule has 41 heavy (non-hydrogen) atoms. The number of likely N-dealkylation sites (tertiary alicyclic amines) is 1. The van der Waals surface area contributed by atoms with Crippen LogP contribution < -0.4 is 4.74 Å². The zero-order valence-corrected chi connectivity index (χ0v) is 24.2. The van der Waals surface area contributed by atoms with Crippen molar-refractivity contribution in [3.05, 3.63) is 95.8 Å². The van der Waals surface area contributed by atoms with Crippen molar-refractivity contribution in [2.75, 3.05) is 33.3 Å². The van der Waals surface area contributed by atoms with Gasteiger partial charge in [-0.15, -0.1) is 0 Å². The zero-order chi connectivity index (χ0) is 29.4. The van der Waals surface area contributed by atoms with Crippen molar-refractivity contribution in [3.63, 3.8) is 0 Å². The Morgan fingerprint density at radius 3 is 2.27 bits per heavy atom. The lowest BCUT2D eigenvalue weighted by Crippen LogP contribution is -2.51. The van der Waals surface area contributed by atoms with E-state index in [4.69, 9.17) is 4.74 Å². The summed E-state index contributed by atoms with van der Waals surface area (Å²) in [7, 11) is -2.29. The lowest BCUT2D eigenvalue weighted by molar-refractivity contribution is -0.135. The number of hydrogen-bond acceptors (Lipinski definition) is 5. The second kappa shape index (κ2) is 13.7. The lowest BCUT2D eigenvalue weighted by Gasteiger charge is -2.39. The van der Waals surface area contributed by atoms with Gasteiger partial charge in [-0.1, -0.05) is 43.3 Å². The molecule has 4 rings (SSSR count). The molecule has 10 heteroatoms. The van der Waals surface area contributed by atoms with E-state index in [0.717, 1.165) is 5.56 Å². The molecule has 0 atom stereocenters. The first-order valence-corrected chi connectivity index (χ1v) is 15.2. The van der Waals surface area contributed by atoms with E-state index in [0.29, 0.717) is 38.1 Å². The highest BCUT2D eigenvalue weighted by molar-refractivity contribution is 7.89. The Bertz CT molecular complexity index is 1430. The third-order valence-corrected chi connectivity index (χ3v) is 9.12. The Morgan fingerprint density at radius 1 is 0.976 bits per heavy atom.